The van der Waals surface area contributed by atoms with Crippen molar-refractivity contribution < 1.29 is 38.1 Å². The van der Waals surface area contributed by atoms with E-state index >= 15 is 0 Å². The second-order valence-electron chi connectivity index (χ2n) is 15.3. The minimum Gasteiger partial charge on any atom is -0.465 e. The minimum atomic E-state index is -0.559. The SMILES string of the molecule is CCC(C)(C)C(=O)OCC(=O)OC(CC)(CC)C1CCCCC1.CCC(C)(C)C(=O)OCCCC(=O)OC(C)(C)C1CCCCC1. The summed E-state index contributed by atoms with van der Waals surface area (Å²) in [4.78, 5) is 48.1. The predicted molar refractivity (Wildman–Crippen MR) is 182 cm³/mol. The number of ether oxygens (including phenoxy) is 4. The van der Waals surface area contributed by atoms with Crippen molar-refractivity contribution in [1.82, 2.24) is 0 Å². The summed E-state index contributed by atoms with van der Waals surface area (Å²) in [5, 5.41) is 0. The number of carbonyl (C=O) groups excluding carboxylic acids is 4. The lowest BCUT2D eigenvalue weighted by Gasteiger charge is -2.41. The molecule has 46 heavy (non-hydrogen) atoms. The Morgan fingerprint density at radius 3 is 1.48 bits per heavy atom. The number of hydrogen-bond donors (Lipinski definition) is 0. The first-order chi connectivity index (χ1) is 21.5. The smallest absolute Gasteiger partial charge is 0.344 e. The fourth-order valence-electron chi connectivity index (χ4n) is 6.35. The summed E-state index contributed by atoms with van der Waals surface area (Å²) in [5.74, 6) is -0.253. The Bertz CT molecular complexity index is 934. The zero-order valence-corrected chi connectivity index (χ0v) is 31.1. The lowest BCUT2D eigenvalue weighted by molar-refractivity contribution is -0.180. The van der Waals surface area contributed by atoms with E-state index in [1.807, 2.05) is 55.4 Å². The molecule has 0 spiro atoms. The Hall–Kier alpha value is -2.12. The summed E-state index contributed by atoms with van der Waals surface area (Å²) in [5.41, 5.74) is -1.80. The third-order valence-electron chi connectivity index (χ3n) is 10.8. The maximum Gasteiger partial charge on any atom is 0.344 e. The second-order valence-corrected chi connectivity index (χ2v) is 15.3. The molecule has 0 bridgehead atoms. The molecule has 0 aliphatic heterocycles. The molecule has 8 nitrogen and oxygen atoms in total. The average molecular weight is 653 g/mol. The normalized spacial score (nSPS) is 16.9. The maximum absolute atomic E-state index is 12.2. The van der Waals surface area contributed by atoms with E-state index in [1.54, 1.807) is 0 Å². The van der Waals surface area contributed by atoms with Crippen LogP contribution in [0.2, 0.25) is 0 Å². The summed E-state index contributed by atoms with van der Waals surface area (Å²) >= 11 is 0. The highest BCUT2D eigenvalue weighted by Crippen LogP contribution is 2.40. The summed E-state index contributed by atoms with van der Waals surface area (Å²) in [6.45, 7) is 19.5. The quantitative estimate of drug-likeness (QED) is 0.0923. The Morgan fingerprint density at radius 2 is 1.02 bits per heavy atom. The van der Waals surface area contributed by atoms with Gasteiger partial charge in [-0.15, -0.1) is 0 Å². The molecular formula is C38H68O8. The van der Waals surface area contributed by atoms with Gasteiger partial charge in [-0.25, -0.2) is 4.79 Å². The third kappa shape index (κ3) is 13.5. The molecule has 0 heterocycles. The van der Waals surface area contributed by atoms with E-state index < -0.39 is 28.0 Å². The molecule has 0 radical (unpaired) electrons. The van der Waals surface area contributed by atoms with Crippen LogP contribution in [-0.4, -0.2) is 48.3 Å². The van der Waals surface area contributed by atoms with E-state index in [0.717, 1.165) is 44.9 Å². The van der Waals surface area contributed by atoms with E-state index in [9.17, 15) is 19.2 Å². The van der Waals surface area contributed by atoms with Crippen molar-refractivity contribution in [2.24, 2.45) is 22.7 Å². The van der Waals surface area contributed by atoms with Crippen LogP contribution < -0.4 is 0 Å². The molecular weight excluding hydrogens is 584 g/mol. The summed E-state index contributed by atoms with van der Waals surface area (Å²) in [6, 6.07) is 0. The van der Waals surface area contributed by atoms with Gasteiger partial charge in [-0.3, -0.25) is 14.4 Å². The van der Waals surface area contributed by atoms with Gasteiger partial charge in [-0.05, 0) is 111 Å². The van der Waals surface area contributed by atoms with Crippen LogP contribution in [0.3, 0.4) is 0 Å². The van der Waals surface area contributed by atoms with Gasteiger partial charge in [0.1, 0.15) is 11.2 Å². The molecule has 2 rings (SSSR count). The van der Waals surface area contributed by atoms with Crippen LogP contribution in [0.15, 0.2) is 0 Å². The standard InChI is InChI=1S/2C19H34O4/c1-6-18(2,3)17(21)22-14-10-13-16(20)23-19(4,5)15-11-8-7-9-12-15;1-6-18(4,5)17(21)22-14-16(20)23-19(7-2,8-3)15-12-10-9-11-13-15/h2*15H,6-14H2,1-5H3. The zero-order valence-electron chi connectivity index (χ0n) is 31.1. The molecule has 2 fully saturated rings. The number of hydrogen-bond acceptors (Lipinski definition) is 8. The summed E-state index contributed by atoms with van der Waals surface area (Å²) < 4.78 is 22.0. The molecule has 0 aromatic heterocycles. The van der Waals surface area contributed by atoms with Gasteiger partial charge in [-0.1, -0.05) is 66.2 Å². The van der Waals surface area contributed by atoms with E-state index in [2.05, 4.69) is 13.8 Å². The number of esters is 4. The molecule has 0 saturated heterocycles. The van der Waals surface area contributed by atoms with Crippen LogP contribution in [0.5, 0.6) is 0 Å². The molecule has 8 heteroatoms. The Kier molecular flexibility index (Phi) is 17.9. The topological polar surface area (TPSA) is 105 Å². The van der Waals surface area contributed by atoms with E-state index in [4.69, 9.17) is 18.9 Å². The van der Waals surface area contributed by atoms with Crippen LogP contribution in [0.1, 0.15) is 172 Å². The average Bonchev–Trinajstić information content (AvgIpc) is 3.05. The molecule has 2 aliphatic carbocycles. The lowest BCUT2D eigenvalue weighted by Crippen LogP contribution is -2.43. The third-order valence-corrected chi connectivity index (χ3v) is 10.8. The Balaban J connectivity index is 0.000000460. The largest absolute Gasteiger partial charge is 0.465 e. The van der Waals surface area contributed by atoms with Crippen molar-refractivity contribution in [2.45, 2.75) is 183 Å². The monoisotopic (exact) mass is 652 g/mol. The van der Waals surface area contributed by atoms with Gasteiger partial charge in [0.2, 0.25) is 0 Å². The highest BCUT2D eigenvalue weighted by molar-refractivity contribution is 5.80. The van der Waals surface area contributed by atoms with Gasteiger partial charge in [-0.2, -0.15) is 0 Å². The molecule has 0 atom stereocenters. The van der Waals surface area contributed by atoms with Gasteiger partial charge in [0.05, 0.1) is 17.4 Å². The first-order valence-electron chi connectivity index (χ1n) is 18.3. The van der Waals surface area contributed by atoms with Gasteiger partial charge in [0.25, 0.3) is 0 Å². The van der Waals surface area contributed by atoms with Gasteiger partial charge >= 0.3 is 23.9 Å². The van der Waals surface area contributed by atoms with Gasteiger partial charge in [0, 0.05) is 6.42 Å². The fraction of sp³-hybridized carbons (Fsp3) is 0.895. The molecule has 0 N–H and O–H groups in total. The summed E-state index contributed by atoms with van der Waals surface area (Å²) in [7, 11) is 0. The first kappa shape index (κ1) is 41.9. The van der Waals surface area contributed by atoms with Crippen molar-refractivity contribution >= 4 is 23.9 Å². The van der Waals surface area contributed by atoms with Gasteiger partial charge in [0.15, 0.2) is 6.61 Å². The second kappa shape index (κ2) is 19.6. The Morgan fingerprint density at radius 1 is 0.565 bits per heavy atom. The summed E-state index contributed by atoms with van der Waals surface area (Å²) in [6.07, 6.45) is 15.8. The van der Waals surface area contributed by atoms with Crippen molar-refractivity contribution in [3.8, 4) is 0 Å². The molecule has 0 amide bonds. The van der Waals surface area contributed by atoms with Crippen LogP contribution in [0.4, 0.5) is 0 Å². The molecule has 0 aromatic rings. The molecule has 2 saturated carbocycles. The lowest BCUT2D eigenvalue weighted by atomic mass is 9.74. The first-order valence-corrected chi connectivity index (χ1v) is 18.3. The van der Waals surface area contributed by atoms with Crippen LogP contribution in [0.25, 0.3) is 0 Å². The predicted octanol–water partition coefficient (Wildman–Crippen LogP) is 9.30. The highest BCUT2D eigenvalue weighted by Gasteiger charge is 2.40. The van der Waals surface area contributed by atoms with Crippen molar-refractivity contribution in [1.29, 1.82) is 0 Å². The van der Waals surface area contributed by atoms with Crippen molar-refractivity contribution in [3.63, 3.8) is 0 Å². The number of rotatable bonds is 16. The van der Waals surface area contributed by atoms with Crippen molar-refractivity contribution in [2.75, 3.05) is 13.2 Å². The van der Waals surface area contributed by atoms with Crippen molar-refractivity contribution in [3.05, 3.63) is 0 Å². The Labute approximate surface area is 280 Å². The zero-order chi connectivity index (χ0) is 35.0. The molecule has 2 aliphatic rings. The number of carbonyl (C=O) groups is 4. The molecule has 268 valence electrons. The van der Waals surface area contributed by atoms with E-state index in [1.165, 1.54) is 38.5 Å². The maximum atomic E-state index is 12.2. The van der Waals surface area contributed by atoms with E-state index in [0.29, 0.717) is 31.1 Å². The molecule has 0 aromatic carbocycles. The van der Waals surface area contributed by atoms with E-state index in [-0.39, 0.29) is 31.1 Å². The van der Waals surface area contributed by atoms with Gasteiger partial charge < -0.3 is 18.9 Å². The minimum absolute atomic E-state index is 0.189. The van der Waals surface area contributed by atoms with Crippen LogP contribution in [0, 0.1) is 22.7 Å². The fourth-order valence-corrected chi connectivity index (χ4v) is 6.35. The molecule has 0 unspecified atom stereocenters. The van der Waals surface area contributed by atoms with Crippen LogP contribution >= 0.6 is 0 Å². The van der Waals surface area contributed by atoms with Crippen LogP contribution in [-0.2, 0) is 38.1 Å². The highest BCUT2D eigenvalue weighted by atomic mass is 16.6.